The van der Waals surface area contributed by atoms with Crippen LogP contribution >= 0.6 is 0 Å². The minimum Gasteiger partial charge on any atom is -0.463 e. The fraction of sp³-hybridized carbons (Fsp3) is 0.985. The van der Waals surface area contributed by atoms with Crippen molar-refractivity contribution in [2.75, 3.05) is 39.6 Å². The molecule has 30 nitrogen and oxygen atoms in total. The summed E-state index contributed by atoms with van der Waals surface area (Å²) in [7, 11) is 0. The van der Waals surface area contributed by atoms with Gasteiger partial charge in [0.15, 0.2) is 37.2 Å². The summed E-state index contributed by atoms with van der Waals surface area (Å²) >= 11 is 0. The van der Waals surface area contributed by atoms with Crippen LogP contribution in [0.3, 0.4) is 0 Å². The lowest BCUT2D eigenvalue weighted by molar-refractivity contribution is -0.410. The lowest BCUT2D eigenvalue weighted by Gasteiger charge is -2.62. The molecule has 7 heterocycles. The number of unbranched alkanes of at least 4 members (excludes halogenated alkanes) is 8. The highest BCUT2D eigenvalue weighted by atomic mass is 16.8. The highest BCUT2D eigenvalue weighted by Gasteiger charge is 2.73. The Bertz CT molecular complexity index is 2520. The van der Waals surface area contributed by atoms with E-state index in [4.69, 9.17) is 61.6 Å². The van der Waals surface area contributed by atoms with Gasteiger partial charge in [-0.05, 0) is 91.8 Å². The number of ether oxygens (including phenoxy) is 13. The number of aliphatic hydroxyl groups excluding tert-OH is 16. The first kappa shape index (κ1) is 77.4. The smallest absolute Gasteiger partial charge is 0.305 e. The van der Waals surface area contributed by atoms with Crippen LogP contribution in [0.1, 0.15) is 150 Å². The molecule has 38 atom stereocenters. The molecule has 7 aliphatic heterocycles. The van der Waals surface area contributed by atoms with Gasteiger partial charge < -0.3 is 143 Å². The van der Waals surface area contributed by atoms with Crippen molar-refractivity contribution < 1.29 is 148 Å². The van der Waals surface area contributed by atoms with Crippen LogP contribution in [-0.2, 0) is 66.4 Å². The first-order chi connectivity index (χ1) is 46.7. The Balaban J connectivity index is 0.765. The van der Waals surface area contributed by atoms with E-state index in [1.54, 1.807) is 0 Å². The molecule has 11 aliphatic rings. The van der Waals surface area contributed by atoms with E-state index in [9.17, 15) is 86.5 Å². The maximum atomic E-state index is 12.8. The maximum absolute atomic E-state index is 12.8. The zero-order valence-electron chi connectivity index (χ0n) is 57.0. The van der Waals surface area contributed by atoms with E-state index in [0.717, 1.165) is 77.0 Å². The highest BCUT2D eigenvalue weighted by Crippen LogP contribution is 2.71. The quantitative estimate of drug-likeness (QED) is 0.0266. The van der Waals surface area contributed by atoms with Gasteiger partial charge in [0, 0.05) is 24.7 Å². The van der Waals surface area contributed by atoms with Gasteiger partial charge in [0.25, 0.3) is 0 Å². The summed E-state index contributed by atoms with van der Waals surface area (Å²) in [6.07, 6.45) is -34.0. The Kier molecular flexibility index (Phi) is 25.8. The maximum Gasteiger partial charge on any atom is 0.305 e. The molecule has 11 fully saturated rings. The Morgan fingerprint density at radius 3 is 1.74 bits per heavy atom. The van der Waals surface area contributed by atoms with Crippen molar-refractivity contribution >= 4 is 5.97 Å². The molecule has 16 N–H and O–H groups in total. The number of rotatable bonds is 25. The molecule has 7 saturated heterocycles. The fourth-order valence-corrected chi connectivity index (χ4v) is 19.3. The first-order valence-corrected chi connectivity index (χ1v) is 36.4. The van der Waals surface area contributed by atoms with Crippen LogP contribution in [0.2, 0.25) is 0 Å². The topological polar surface area (TPSA) is 461 Å². The van der Waals surface area contributed by atoms with E-state index in [1.807, 2.05) is 0 Å². The van der Waals surface area contributed by atoms with E-state index in [2.05, 4.69) is 34.6 Å². The second-order valence-electron chi connectivity index (χ2n) is 31.0. The zero-order chi connectivity index (χ0) is 70.4. The molecule has 4 aliphatic carbocycles. The number of carbonyl (C=O) groups excluding carboxylic acids is 1. The second kappa shape index (κ2) is 32.6. The molecule has 0 radical (unpaired) electrons. The Hall–Kier alpha value is -1.65. The normalized spacial score (nSPS) is 51.9. The van der Waals surface area contributed by atoms with Crippen LogP contribution in [0.15, 0.2) is 0 Å². The number of hydrogen-bond donors (Lipinski definition) is 16. The fourth-order valence-electron chi connectivity index (χ4n) is 19.3. The Labute approximate surface area is 571 Å². The Morgan fingerprint density at radius 2 is 1.07 bits per heavy atom. The molecule has 0 bridgehead atoms. The van der Waals surface area contributed by atoms with Crippen molar-refractivity contribution in [1.82, 2.24) is 0 Å². The molecule has 566 valence electrons. The molecule has 0 aromatic heterocycles. The highest BCUT2D eigenvalue weighted by molar-refractivity contribution is 5.69. The molecule has 0 aromatic carbocycles. The van der Waals surface area contributed by atoms with Crippen LogP contribution < -0.4 is 0 Å². The van der Waals surface area contributed by atoms with E-state index in [-0.39, 0.29) is 58.9 Å². The lowest BCUT2D eigenvalue weighted by Crippen LogP contribution is -2.69. The number of fused-ring (bicyclic) bond motifs is 7. The monoisotopic (exact) mass is 1410 g/mol. The molecular weight excluding hydrogens is 1300 g/mol. The third kappa shape index (κ3) is 15.2. The Morgan fingerprint density at radius 1 is 0.490 bits per heavy atom. The molecule has 4 saturated carbocycles. The van der Waals surface area contributed by atoms with Crippen molar-refractivity contribution in [3.8, 4) is 0 Å². The predicted octanol–water partition coefficient (Wildman–Crippen LogP) is -2.03. The van der Waals surface area contributed by atoms with Gasteiger partial charge in [-0.1, -0.05) is 86.0 Å². The van der Waals surface area contributed by atoms with Gasteiger partial charge in [0.1, 0.15) is 123 Å². The molecule has 98 heavy (non-hydrogen) atoms. The molecule has 0 amide bonds. The summed E-state index contributed by atoms with van der Waals surface area (Å²) in [6.45, 7) is 7.59. The van der Waals surface area contributed by atoms with Crippen molar-refractivity contribution in [3.63, 3.8) is 0 Å². The summed E-state index contributed by atoms with van der Waals surface area (Å²) in [5.41, 5.74) is -0.548. The average molecular weight is 1410 g/mol. The lowest BCUT2D eigenvalue weighted by atomic mass is 9.44. The van der Waals surface area contributed by atoms with Crippen molar-refractivity contribution in [2.45, 2.75) is 328 Å². The van der Waals surface area contributed by atoms with Gasteiger partial charge in [-0.2, -0.15) is 0 Å². The van der Waals surface area contributed by atoms with Gasteiger partial charge in [0.2, 0.25) is 0 Å². The van der Waals surface area contributed by atoms with Crippen LogP contribution in [-0.4, -0.2) is 305 Å². The van der Waals surface area contributed by atoms with Crippen LogP contribution in [0.4, 0.5) is 0 Å². The van der Waals surface area contributed by atoms with Crippen LogP contribution in [0, 0.1) is 52.3 Å². The average Bonchev–Trinajstić information content (AvgIpc) is 1.50. The van der Waals surface area contributed by atoms with E-state index < -0.39 is 211 Å². The minimum absolute atomic E-state index is 0.0140. The summed E-state index contributed by atoms with van der Waals surface area (Å²) in [5.74, 6) is -0.282. The predicted molar refractivity (Wildman–Crippen MR) is 333 cm³/mol. The standard InChI is InChI=1S/C68H114O30/c1-6-7-8-9-10-11-12-13-14-15-42(74)86-29-41-46(76)50(80)53(83)63(93-41)95-58-47(77)38(24-69)90-64(55(58)85)97-60-59(96-61-52(82)45(75)36(73)28-87-61)48(78)39(25-70)91-65(60)94-56-40(26-71)92-62(54(84)51(56)81)89-37-22-32-16-17-33-34(67(32,5)23-35(37)72)19-20-66(4)43-31(3)68(21-18-30(2)27-88-68)98-57(43)49(79)44(33)66/h30-41,43-65,69-73,75-85H,6-29H2,1-5H3/t30-,31+,32+,33-,34+,35-,36-,37-,38-,39-,40-,41-,43+,44-,45+,46-,47+,48-,49+,50+,51-,52-,53-,54-,55-,56+,57-,58+,59+,60-,61+,62-,63+,64+,65+,66-,67+,68-/m1/s1. The third-order valence-corrected chi connectivity index (χ3v) is 24.9. The number of hydrogen-bond acceptors (Lipinski definition) is 30. The molecule has 0 aromatic rings. The van der Waals surface area contributed by atoms with Gasteiger partial charge in [0.05, 0.1) is 57.5 Å². The number of aliphatic hydroxyl groups is 16. The van der Waals surface area contributed by atoms with Gasteiger partial charge in [-0.25, -0.2) is 0 Å². The molecule has 11 rings (SSSR count). The summed E-state index contributed by atoms with van der Waals surface area (Å²) < 4.78 is 79.3. The van der Waals surface area contributed by atoms with Crippen LogP contribution in [0.25, 0.3) is 0 Å². The largest absolute Gasteiger partial charge is 0.463 e. The van der Waals surface area contributed by atoms with Gasteiger partial charge in [-0.3, -0.25) is 4.79 Å². The third-order valence-electron chi connectivity index (χ3n) is 24.9. The second-order valence-corrected chi connectivity index (χ2v) is 31.0. The summed E-state index contributed by atoms with van der Waals surface area (Å²) in [5, 5.41) is 182. The van der Waals surface area contributed by atoms with Crippen LogP contribution in [0.5, 0.6) is 0 Å². The van der Waals surface area contributed by atoms with E-state index in [1.165, 1.54) is 12.8 Å². The summed E-state index contributed by atoms with van der Waals surface area (Å²) in [6, 6.07) is 0. The number of carbonyl (C=O) groups is 1. The van der Waals surface area contributed by atoms with Gasteiger partial charge >= 0.3 is 5.97 Å². The van der Waals surface area contributed by atoms with Crippen molar-refractivity contribution in [2.24, 2.45) is 52.3 Å². The van der Waals surface area contributed by atoms with Gasteiger partial charge in [-0.15, -0.1) is 0 Å². The SMILES string of the molecule is CCCCCCCCCCCC(=O)OC[C@H]1O[C@@H](O[C@H]2[C@@H](O)[C@@H](CO)O[C@@H](O[C@H]3[C@H](O[C@@H]4[C@H](O)[C@@H](O)[C@H](O[C@@H]5C[C@@H]6CC[C@H]7[C@@H]8[C@H](O)[C@@H]9O[C@]%10(CC[C@@H](C)CO%10)[C@@H](C)[C@@H]9[C@@]8(C)CC[C@@H]7[C@@]6(C)C[C@H]5O)O[C@@H]4CO)O[C@H](CO)[C@@H](O)[C@@H]3O[C@@H]3OC[C@@H](O)[C@H](O)[C@H]3O)[C@@H]2O)[C@H](O)[C@@H](O)[C@@H]1O. The van der Waals surface area contributed by atoms with Crippen molar-refractivity contribution in [3.05, 3.63) is 0 Å². The first-order valence-electron chi connectivity index (χ1n) is 36.4. The molecule has 1 spiro atoms. The van der Waals surface area contributed by atoms with Crippen molar-refractivity contribution in [1.29, 1.82) is 0 Å². The zero-order valence-corrected chi connectivity index (χ0v) is 57.0. The molecular formula is C68H114O30. The molecule has 0 unspecified atom stereocenters. The number of esters is 1. The van der Waals surface area contributed by atoms with E-state index in [0.29, 0.717) is 31.8 Å². The molecule has 30 heteroatoms. The minimum atomic E-state index is -2.24. The van der Waals surface area contributed by atoms with E-state index >= 15 is 0 Å². The summed E-state index contributed by atoms with van der Waals surface area (Å²) in [4.78, 5) is 12.8.